The second-order valence-electron chi connectivity index (χ2n) is 4.81. The van der Waals surface area contributed by atoms with Gasteiger partial charge in [-0.25, -0.2) is 4.79 Å². The van der Waals surface area contributed by atoms with Gasteiger partial charge in [-0.2, -0.15) is 4.68 Å². The lowest BCUT2D eigenvalue weighted by Crippen LogP contribution is -2.30. The summed E-state index contributed by atoms with van der Waals surface area (Å²) in [6.45, 7) is 2.19. The van der Waals surface area contributed by atoms with Gasteiger partial charge in [0.05, 0.1) is 18.7 Å². The van der Waals surface area contributed by atoms with E-state index in [-0.39, 0.29) is 24.8 Å². The van der Waals surface area contributed by atoms with Crippen molar-refractivity contribution in [2.24, 2.45) is 0 Å². The van der Waals surface area contributed by atoms with E-state index in [2.05, 4.69) is 10.1 Å². The molecule has 8 heteroatoms. The highest BCUT2D eigenvalue weighted by atomic mass is 16.5. The normalized spacial score (nSPS) is 10.3. The van der Waals surface area contributed by atoms with Crippen molar-refractivity contribution in [3.8, 4) is 5.69 Å². The molecule has 1 heterocycles. The van der Waals surface area contributed by atoms with Crippen LogP contribution in [-0.2, 0) is 9.53 Å². The predicted molar refractivity (Wildman–Crippen MR) is 82.4 cm³/mol. The maximum Gasteiger partial charge on any atom is 0.348 e. The van der Waals surface area contributed by atoms with Crippen molar-refractivity contribution in [3.63, 3.8) is 0 Å². The molecule has 0 atom stereocenters. The summed E-state index contributed by atoms with van der Waals surface area (Å²) in [5.41, 5.74) is 0.0559. The number of aromatic nitrogens is 3. The number of carbonyl (C=O) groups excluding carboxylic acids is 2. The molecule has 8 nitrogen and oxygen atoms in total. The fourth-order valence-electron chi connectivity index (χ4n) is 1.94. The van der Waals surface area contributed by atoms with Gasteiger partial charge in [-0.15, -0.1) is 5.10 Å². The Labute approximate surface area is 132 Å². The summed E-state index contributed by atoms with van der Waals surface area (Å²) < 4.78 is 5.92. The van der Waals surface area contributed by atoms with E-state index >= 15 is 0 Å². The molecule has 0 aliphatic carbocycles. The van der Waals surface area contributed by atoms with Crippen molar-refractivity contribution >= 4 is 11.9 Å². The minimum atomic E-state index is -0.502. The summed E-state index contributed by atoms with van der Waals surface area (Å²) in [5, 5.41) is 4.01. The van der Waals surface area contributed by atoms with Gasteiger partial charge in [0.1, 0.15) is 0 Å². The number of rotatable bonds is 6. The first kappa shape index (κ1) is 16.5. The van der Waals surface area contributed by atoms with Crippen LogP contribution in [-0.4, -0.2) is 51.7 Å². The average molecular weight is 318 g/mol. The Bertz CT molecular complexity index is 735. The van der Waals surface area contributed by atoms with Crippen LogP contribution in [0.5, 0.6) is 0 Å². The largest absolute Gasteiger partial charge is 0.466 e. The number of hydrogen-bond donors (Lipinski definition) is 1. The van der Waals surface area contributed by atoms with E-state index in [4.69, 9.17) is 4.74 Å². The zero-order valence-electron chi connectivity index (χ0n) is 13.0. The van der Waals surface area contributed by atoms with E-state index in [1.54, 1.807) is 31.2 Å². The summed E-state index contributed by atoms with van der Waals surface area (Å²) in [7, 11) is 1.53. The molecule has 122 valence electrons. The predicted octanol–water partition coefficient (Wildman–Crippen LogP) is 0.586. The fourth-order valence-corrected chi connectivity index (χ4v) is 1.94. The van der Waals surface area contributed by atoms with Crippen molar-refractivity contribution in [3.05, 3.63) is 46.6 Å². The zero-order chi connectivity index (χ0) is 16.8. The third kappa shape index (κ3) is 4.06. The second-order valence-corrected chi connectivity index (χ2v) is 4.81. The van der Waals surface area contributed by atoms with Gasteiger partial charge in [0, 0.05) is 13.6 Å². The Balaban J connectivity index is 2.08. The van der Waals surface area contributed by atoms with Crippen LogP contribution in [0, 0.1) is 0 Å². The van der Waals surface area contributed by atoms with E-state index in [1.165, 1.54) is 11.9 Å². The number of amides is 1. The number of benzene rings is 1. The van der Waals surface area contributed by atoms with Gasteiger partial charge in [0.15, 0.2) is 0 Å². The van der Waals surface area contributed by atoms with E-state index in [0.717, 1.165) is 4.68 Å². The molecular weight excluding hydrogens is 300 g/mol. The molecular formula is C15H18N4O4. The molecule has 1 aromatic heterocycles. The maximum atomic E-state index is 12.2. The summed E-state index contributed by atoms with van der Waals surface area (Å²) in [5.74, 6) is -0.929. The lowest BCUT2D eigenvalue weighted by Gasteiger charge is -2.14. The standard InChI is InChI=1S/C15H18N4O4/c1-3-23-12(20)9-10-18(2)14(21)13-16-15(22)19(17-13)11-7-5-4-6-8-11/h4-8H,3,9-10H2,1-2H3,(H,16,17,22). The minimum absolute atomic E-state index is 0.0785. The van der Waals surface area contributed by atoms with Gasteiger partial charge in [-0.05, 0) is 19.1 Å². The van der Waals surface area contributed by atoms with Crippen molar-refractivity contribution in [1.82, 2.24) is 19.7 Å². The average Bonchev–Trinajstić information content (AvgIpc) is 2.95. The first-order valence-electron chi connectivity index (χ1n) is 7.18. The number of carbonyl (C=O) groups is 2. The van der Waals surface area contributed by atoms with Crippen LogP contribution in [0.3, 0.4) is 0 Å². The third-order valence-electron chi connectivity index (χ3n) is 3.12. The van der Waals surface area contributed by atoms with Gasteiger partial charge in [-0.3, -0.25) is 14.6 Å². The van der Waals surface area contributed by atoms with E-state index in [1.807, 2.05) is 6.07 Å². The molecule has 0 fully saturated rings. The van der Waals surface area contributed by atoms with E-state index in [0.29, 0.717) is 12.3 Å². The smallest absolute Gasteiger partial charge is 0.348 e. The van der Waals surface area contributed by atoms with Crippen LogP contribution in [0.15, 0.2) is 35.1 Å². The molecule has 1 aromatic carbocycles. The van der Waals surface area contributed by atoms with Gasteiger partial charge in [0.2, 0.25) is 5.82 Å². The molecule has 23 heavy (non-hydrogen) atoms. The SMILES string of the molecule is CCOC(=O)CCN(C)C(=O)c1nn(-c2ccccc2)c(=O)[nH]1. The van der Waals surface area contributed by atoms with Crippen molar-refractivity contribution in [1.29, 1.82) is 0 Å². The number of nitrogens with one attached hydrogen (secondary N) is 1. The highest BCUT2D eigenvalue weighted by molar-refractivity contribution is 5.90. The molecule has 2 aromatic rings. The molecule has 0 saturated carbocycles. The molecule has 0 bridgehead atoms. The van der Waals surface area contributed by atoms with Crippen molar-refractivity contribution in [2.45, 2.75) is 13.3 Å². The van der Waals surface area contributed by atoms with Crippen molar-refractivity contribution < 1.29 is 14.3 Å². The summed E-state index contributed by atoms with van der Waals surface area (Å²) >= 11 is 0. The number of para-hydroxylation sites is 1. The third-order valence-corrected chi connectivity index (χ3v) is 3.12. The van der Waals surface area contributed by atoms with E-state index in [9.17, 15) is 14.4 Å². The van der Waals surface area contributed by atoms with Crippen LogP contribution >= 0.6 is 0 Å². The Hall–Kier alpha value is -2.90. The summed E-state index contributed by atoms with van der Waals surface area (Å²) in [6, 6.07) is 8.77. The number of hydrogen-bond acceptors (Lipinski definition) is 5. The number of esters is 1. The second kappa shape index (κ2) is 7.39. The van der Waals surface area contributed by atoms with Gasteiger partial charge in [-0.1, -0.05) is 18.2 Å². The Morgan fingerprint density at radius 2 is 2.00 bits per heavy atom. The zero-order valence-corrected chi connectivity index (χ0v) is 13.0. The first-order valence-corrected chi connectivity index (χ1v) is 7.18. The fraction of sp³-hybridized carbons (Fsp3) is 0.333. The lowest BCUT2D eigenvalue weighted by atomic mass is 10.3. The van der Waals surface area contributed by atoms with Crippen LogP contribution in [0.1, 0.15) is 24.0 Å². The monoisotopic (exact) mass is 318 g/mol. The van der Waals surface area contributed by atoms with Crippen LogP contribution in [0.4, 0.5) is 0 Å². The summed E-state index contributed by atoms with van der Waals surface area (Å²) in [4.78, 5) is 39.2. The molecule has 0 aliphatic heterocycles. The Kier molecular flexibility index (Phi) is 5.29. The quantitative estimate of drug-likeness (QED) is 0.786. The van der Waals surface area contributed by atoms with Crippen LogP contribution < -0.4 is 5.69 Å². The molecule has 0 radical (unpaired) electrons. The topological polar surface area (TPSA) is 97.3 Å². The summed E-state index contributed by atoms with van der Waals surface area (Å²) in [6.07, 6.45) is 0.0830. The Morgan fingerprint density at radius 1 is 1.30 bits per heavy atom. The number of aromatic amines is 1. The minimum Gasteiger partial charge on any atom is -0.466 e. The Morgan fingerprint density at radius 3 is 2.65 bits per heavy atom. The lowest BCUT2D eigenvalue weighted by molar-refractivity contribution is -0.143. The highest BCUT2D eigenvalue weighted by Gasteiger charge is 2.19. The first-order chi connectivity index (χ1) is 11.0. The van der Waals surface area contributed by atoms with Gasteiger partial charge in [0.25, 0.3) is 5.91 Å². The molecule has 0 spiro atoms. The molecule has 2 rings (SSSR count). The molecule has 0 saturated heterocycles. The molecule has 1 N–H and O–H groups in total. The maximum absolute atomic E-state index is 12.2. The van der Waals surface area contributed by atoms with Crippen LogP contribution in [0.25, 0.3) is 5.69 Å². The molecule has 0 unspecified atom stereocenters. The molecule has 1 amide bonds. The van der Waals surface area contributed by atoms with Gasteiger partial charge < -0.3 is 9.64 Å². The number of H-pyrrole nitrogens is 1. The van der Waals surface area contributed by atoms with Crippen LogP contribution in [0.2, 0.25) is 0 Å². The van der Waals surface area contributed by atoms with E-state index < -0.39 is 11.6 Å². The van der Waals surface area contributed by atoms with Gasteiger partial charge >= 0.3 is 11.7 Å². The number of nitrogens with zero attached hydrogens (tertiary/aromatic N) is 3. The number of ether oxygens (including phenoxy) is 1. The van der Waals surface area contributed by atoms with Crippen molar-refractivity contribution in [2.75, 3.05) is 20.2 Å². The molecule has 0 aliphatic rings. The highest BCUT2D eigenvalue weighted by Crippen LogP contribution is 2.03.